The highest BCUT2D eigenvalue weighted by molar-refractivity contribution is 5.72. The monoisotopic (exact) mass is 289 g/mol. The maximum atomic E-state index is 3.88. The van der Waals surface area contributed by atoms with Crippen LogP contribution in [0.3, 0.4) is 0 Å². The van der Waals surface area contributed by atoms with Crippen LogP contribution in [0.15, 0.2) is 24.3 Å². The van der Waals surface area contributed by atoms with E-state index in [4.69, 9.17) is 0 Å². The molecule has 0 atom stereocenters. The molecule has 0 aliphatic rings. The summed E-state index contributed by atoms with van der Waals surface area (Å²) in [5.41, 5.74) is 1.83. The van der Waals surface area contributed by atoms with E-state index in [2.05, 4.69) is 29.3 Å². The van der Waals surface area contributed by atoms with Crippen LogP contribution in [0.2, 0.25) is 0 Å². The third-order valence-electron chi connectivity index (χ3n) is 3.68. The molecule has 0 saturated heterocycles. The van der Waals surface area contributed by atoms with E-state index in [1.54, 1.807) is 0 Å². The third kappa shape index (κ3) is 8.49. The maximum Gasteiger partial charge on any atom is 0.112 e. The Labute approximate surface area is 129 Å². The zero-order valence-electron chi connectivity index (χ0n) is 13.8. The van der Waals surface area contributed by atoms with Gasteiger partial charge in [-0.2, -0.15) is 15.4 Å². The number of aromatic amines is 1. The van der Waals surface area contributed by atoms with Gasteiger partial charge in [-0.3, -0.25) is 0 Å². The van der Waals surface area contributed by atoms with Gasteiger partial charge >= 0.3 is 0 Å². The Kier molecular flexibility index (Phi) is 10.4. The molecule has 0 amide bonds. The second-order valence-electron chi connectivity index (χ2n) is 5.64. The maximum absolute atomic E-state index is 3.88. The number of nitrogens with one attached hydrogen (secondary N) is 1. The minimum absolute atomic E-state index is 0.914. The first-order valence-electron chi connectivity index (χ1n) is 8.64. The van der Waals surface area contributed by atoms with Crippen LogP contribution in [0.4, 0.5) is 0 Å². The largest absolute Gasteiger partial charge is 0.197 e. The van der Waals surface area contributed by atoms with E-state index < -0.39 is 0 Å². The van der Waals surface area contributed by atoms with Gasteiger partial charge in [0.1, 0.15) is 11.0 Å². The molecule has 2 rings (SSSR count). The summed E-state index contributed by atoms with van der Waals surface area (Å²) < 4.78 is 0. The van der Waals surface area contributed by atoms with Gasteiger partial charge in [0.15, 0.2) is 0 Å². The van der Waals surface area contributed by atoms with E-state index in [0.717, 1.165) is 11.0 Å². The minimum atomic E-state index is 0.914. The molecule has 0 fully saturated rings. The fourth-order valence-electron chi connectivity index (χ4n) is 2.35. The SMILES string of the molecule is CCCCCCCCCCCC.c1ccc2n[nH]nc2c1. The number of rotatable bonds is 9. The van der Waals surface area contributed by atoms with Crippen molar-refractivity contribution in [3.63, 3.8) is 0 Å². The third-order valence-corrected chi connectivity index (χ3v) is 3.68. The van der Waals surface area contributed by atoms with Crippen molar-refractivity contribution in [1.82, 2.24) is 15.4 Å². The van der Waals surface area contributed by atoms with Gasteiger partial charge < -0.3 is 0 Å². The molecule has 0 saturated carbocycles. The molecular formula is C18H31N3. The van der Waals surface area contributed by atoms with Gasteiger partial charge in [0.2, 0.25) is 0 Å². The van der Waals surface area contributed by atoms with Gasteiger partial charge in [-0.05, 0) is 12.1 Å². The van der Waals surface area contributed by atoms with Gasteiger partial charge in [0, 0.05) is 0 Å². The smallest absolute Gasteiger partial charge is 0.112 e. The lowest BCUT2D eigenvalue weighted by molar-refractivity contribution is 0.562. The number of nitrogens with zero attached hydrogens (tertiary/aromatic N) is 2. The second kappa shape index (κ2) is 12.4. The minimum Gasteiger partial charge on any atom is -0.197 e. The molecule has 2 aromatic rings. The first kappa shape index (κ1) is 17.7. The highest BCUT2D eigenvalue weighted by Gasteiger charge is 1.91. The highest BCUT2D eigenvalue weighted by atomic mass is 15.3. The van der Waals surface area contributed by atoms with Gasteiger partial charge in [0.05, 0.1) is 0 Å². The van der Waals surface area contributed by atoms with Crippen molar-refractivity contribution in [3.05, 3.63) is 24.3 Å². The van der Waals surface area contributed by atoms with Crippen molar-refractivity contribution in [1.29, 1.82) is 0 Å². The van der Waals surface area contributed by atoms with Crippen molar-refractivity contribution in [2.24, 2.45) is 0 Å². The van der Waals surface area contributed by atoms with E-state index in [1.165, 1.54) is 64.2 Å². The molecule has 0 bridgehead atoms. The van der Waals surface area contributed by atoms with Gasteiger partial charge in [-0.1, -0.05) is 90.2 Å². The number of benzene rings is 1. The van der Waals surface area contributed by atoms with Crippen LogP contribution in [0.5, 0.6) is 0 Å². The normalized spacial score (nSPS) is 10.4. The van der Waals surface area contributed by atoms with Crippen LogP contribution in [-0.4, -0.2) is 15.4 Å². The Morgan fingerprint density at radius 1 is 0.667 bits per heavy atom. The summed E-state index contributed by atoms with van der Waals surface area (Å²) in [6, 6.07) is 7.70. The second-order valence-corrected chi connectivity index (χ2v) is 5.64. The molecule has 0 radical (unpaired) electrons. The molecule has 21 heavy (non-hydrogen) atoms. The van der Waals surface area contributed by atoms with Gasteiger partial charge in [0.25, 0.3) is 0 Å². The van der Waals surface area contributed by atoms with Crippen molar-refractivity contribution < 1.29 is 0 Å². The molecule has 1 aromatic carbocycles. The lowest BCUT2D eigenvalue weighted by Gasteiger charge is -1.99. The van der Waals surface area contributed by atoms with E-state index in [0.29, 0.717) is 0 Å². The molecule has 3 nitrogen and oxygen atoms in total. The summed E-state index contributed by atoms with van der Waals surface area (Å²) in [6.45, 7) is 4.56. The fourth-order valence-corrected chi connectivity index (χ4v) is 2.35. The molecule has 118 valence electrons. The summed E-state index contributed by atoms with van der Waals surface area (Å²) in [4.78, 5) is 0. The summed E-state index contributed by atoms with van der Waals surface area (Å²) in [7, 11) is 0. The van der Waals surface area contributed by atoms with E-state index >= 15 is 0 Å². The Morgan fingerprint density at radius 3 is 1.43 bits per heavy atom. The zero-order chi connectivity index (χ0) is 15.2. The summed E-state index contributed by atoms with van der Waals surface area (Å²) in [6.07, 6.45) is 14.4. The number of unbranched alkanes of at least 4 members (excludes halogenated alkanes) is 9. The van der Waals surface area contributed by atoms with Crippen LogP contribution >= 0.6 is 0 Å². The average Bonchev–Trinajstić information content (AvgIpc) is 2.99. The average molecular weight is 289 g/mol. The number of fused-ring (bicyclic) bond motifs is 1. The van der Waals surface area contributed by atoms with Crippen LogP contribution in [0.1, 0.15) is 78.1 Å². The quantitative estimate of drug-likeness (QED) is 0.585. The standard InChI is InChI=1S/C12H26.C6H5N3/c1-3-5-7-9-11-12-10-8-6-4-2;1-2-4-6-5(3-1)7-9-8-6/h3-12H2,1-2H3;1-4H,(H,7,8,9). The van der Waals surface area contributed by atoms with Crippen LogP contribution in [0.25, 0.3) is 11.0 Å². The lowest BCUT2D eigenvalue weighted by Crippen LogP contribution is -1.80. The van der Waals surface area contributed by atoms with Crippen molar-refractivity contribution >= 4 is 11.0 Å². The predicted octanol–water partition coefficient (Wildman–Crippen LogP) is 5.89. The molecular weight excluding hydrogens is 258 g/mol. The molecule has 1 N–H and O–H groups in total. The summed E-state index contributed by atoms with van der Waals surface area (Å²) in [5, 5.41) is 10.3. The summed E-state index contributed by atoms with van der Waals surface area (Å²) >= 11 is 0. The highest BCUT2D eigenvalue weighted by Crippen LogP contribution is 2.09. The number of aromatic nitrogens is 3. The first-order valence-corrected chi connectivity index (χ1v) is 8.64. The predicted molar refractivity (Wildman–Crippen MR) is 91.4 cm³/mol. The van der Waals surface area contributed by atoms with E-state index in [1.807, 2.05) is 24.3 Å². The van der Waals surface area contributed by atoms with Crippen LogP contribution < -0.4 is 0 Å². The topological polar surface area (TPSA) is 41.6 Å². The molecule has 1 heterocycles. The molecule has 0 aliphatic heterocycles. The number of para-hydroxylation sites is 2. The van der Waals surface area contributed by atoms with Gasteiger partial charge in [-0.25, -0.2) is 0 Å². The van der Waals surface area contributed by atoms with Crippen molar-refractivity contribution in [3.8, 4) is 0 Å². The Hall–Kier alpha value is -1.38. The number of H-pyrrole nitrogens is 1. The zero-order valence-corrected chi connectivity index (χ0v) is 13.8. The first-order chi connectivity index (χ1) is 10.4. The summed E-state index contributed by atoms with van der Waals surface area (Å²) in [5.74, 6) is 0. The van der Waals surface area contributed by atoms with E-state index in [9.17, 15) is 0 Å². The van der Waals surface area contributed by atoms with Crippen LogP contribution in [0, 0.1) is 0 Å². The van der Waals surface area contributed by atoms with E-state index in [-0.39, 0.29) is 0 Å². The fraction of sp³-hybridized carbons (Fsp3) is 0.667. The molecule has 1 aromatic heterocycles. The lowest BCUT2D eigenvalue weighted by atomic mass is 10.1. The van der Waals surface area contributed by atoms with Crippen LogP contribution in [-0.2, 0) is 0 Å². The molecule has 3 heteroatoms. The molecule has 0 spiro atoms. The van der Waals surface area contributed by atoms with Gasteiger partial charge in [-0.15, -0.1) is 0 Å². The molecule has 0 aliphatic carbocycles. The van der Waals surface area contributed by atoms with Crippen molar-refractivity contribution in [2.75, 3.05) is 0 Å². The Balaban J connectivity index is 0.000000216. The Morgan fingerprint density at radius 2 is 1.05 bits per heavy atom. The van der Waals surface area contributed by atoms with Crippen molar-refractivity contribution in [2.45, 2.75) is 78.1 Å². The molecule has 0 unspecified atom stereocenters. The number of hydrogen-bond donors (Lipinski definition) is 1. The Bertz CT molecular complexity index is 410. The number of hydrogen-bond acceptors (Lipinski definition) is 2.